The number of carbonyl (C=O) groups is 1. The summed E-state index contributed by atoms with van der Waals surface area (Å²) in [7, 11) is 1.66. The molecule has 1 amide bonds. The highest BCUT2D eigenvalue weighted by Crippen LogP contribution is 2.33. The van der Waals surface area contributed by atoms with E-state index in [1.165, 1.54) is 0 Å². The number of ether oxygens (including phenoxy) is 1. The molecule has 0 heterocycles. The van der Waals surface area contributed by atoms with E-state index in [4.69, 9.17) is 10.5 Å². The lowest BCUT2D eigenvalue weighted by Crippen LogP contribution is -2.29. The number of anilines is 1. The highest BCUT2D eigenvalue weighted by Gasteiger charge is 2.31. The second-order valence-corrected chi connectivity index (χ2v) is 6.30. The van der Waals surface area contributed by atoms with E-state index in [2.05, 4.69) is 5.32 Å². The topological polar surface area (TPSA) is 64.3 Å². The first-order valence-electron chi connectivity index (χ1n) is 8.47. The van der Waals surface area contributed by atoms with Gasteiger partial charge in [-0.2, -0.15) is 0 Å². The van der Waals surface area contributed by atoms with Crippen LogP contribution in [0.15, 0.2) is 48.5 Å². The molecule has 3 rings (SSSR count). The molecule has 4 nitrogen and oxygen atoms in total. The number of carbonyl (C=O) groups excluding carboxylic acids is 1. The molecule has 0 spiro atoms. The molecule has 0 aromatic heterocycles. The van der Waals surface area contributed by atoms with Crippen LogP contribution < -0.4 is 15.8 Å². The Morgan fingerprint density at radius 3 is 2.83 bits per heavy atom. The van der Waals surface area contributed by atoms with Gasteiger partial charge in [0.05, 0.1) is 7.11 Å². The Morgan fingerprint density at radius 2 is 2.04 bits per heavy atom. The number of amides is 1. The quantitative estimate of drug-likeness (QED) is 0.882. The maximum absolute atomic E-state index is 12.6. The number of rotatable bonds is 5. The average Bonchev–Trinajstić information content (AvgIpc) is 3.11. The summed E-state index contributed by atoms with van der Waals surface area (Å²) in [5, 5.41) is 3.06. The average molecular weight is 324 g/mol. The minimum atomic E-state index is 0.0323. The fourth-order valence-electron chi connectivity index (χ4n) is 3.55. The molecule has 1 fully saturated rings. The van der Waals surface area contributed by atoms with Crippen LogP contribution in [0.5, 0.6) is 5.75 Å². The summed E-state index contributed by atoms with van der Waals surface area (Å²) in [4.78, 5) is 12.6. The molecule has 0 saturated heterocycles. The summed E-state index contributed by atoms with van der Waals surface area (Å²) in [6, 6.07) is 15.8. The predicted molar refractivity (Wildman–Crippen MR) is 96.9 cm³/mol. The third kappa shape index (κ3) is 3.44. The zero-order valence-electron chi connectivity index (χ0n) is 14.0. The molecule has 0 bridgehead atoms. The van der Waals surface area contributed by atoms with E-state index in [-0.39, 0.29) is 11.8 Å². The summed E-state index contributed by atoms with van der Waals surface area (Å²) in [5.41, 5.74) is 8.64. The van der Waals surface area contributed by atoms with Gasteiger partial charge in [0.1, 0.15) is 5.75 Å². The van der Waals surface area contributed by atoms with Crippen molar-refractivity contribution in [2.24, 2.45) is 17.6 Å². The van der Waals surface area contributed by atoms with Crippen molar-refractivity contribution in [3.63, 3.8) is 0 Å². The van der Waals surface area contributed by atoms with Crippen molar-refractivity contribution >= 4 is 11.6 Å². The minimum Gasteiger partial charge on any atom is -0.496 e. The van der Waals surface area contributed by atoms with Gasteiger partial charge in [0.2, 0.25) is 5.91 Å². The van der Waals surface area contributed by atoms with Crippen molar-refractivity contribution in [3.05, 3.63) is 48.5 Å². The van der Waals surface area contributed by atoms with Crippen LogP contribution in [0.2, 0.25) is 0 Å². The van der Waals surface area contributed by atoms with Crippen LogP contribution in [0.1, 0.15) is 19.3 Å². The number of nitrogens with one attached hydrogen (secondary N) is 1. The Morgan fingerprint density at radius 1 is 1.21 bits per heavy atom. The summed E-state index contributed by atoms with van der Waals surface area (Å²) < 4.78 is 5.43. The zero-order valence-corrected chi connectivity index (χ0v) is 14.0. The van der Waals surface area contributed by atoms with Crippen LogP contribution >= 0.6 is 0 Å². The maximum Gasteiger partial charge on any atom is 0.227 e. The van der Waals surface area contributed by atoms with Crippen LogP contribution in [0.3, 0.4) is 0 Å². The van der Waals surface area contributed by atoms with Crippen molar-refractivity contribution in [1.82, 2.24) is 0 Å². The maximum atomic E-state index is 12.6. The first-order chi connectivity index (χ1) is 11.7. The lowest BCUT2D eigenvalue weighted by Gasteiger charge is -2.18. The van der Waals surface area contributed by atoms with Gasteiger partial charge in [-0.05, 0) is 49.1 Å². The zero-order chi connectivity index (χ0) is 16.9. The number of methoxy groups -OCH3 is 1. The van der Waals surface area contributed by atoms with Gasteiger partial charge in [-0.3, -0.25) is 4.79 Å². The van der Waals surface area contributed by atoms with Gasteiger partial charge < -0.3 is 15.8 Å². The van der Waals surface area contributed by atoms with E-state index in [0.29, 0.717) is 12.5 Å². The molecule has 3 N–H and O–H groups in total. The Hall–Kier alpha value is -2.33. The van der Waals surface area contributed by atoms with E-state index < -0.39 is 0 Å². The second-order valence-electron chi connectivity index (χ2n) is 6.30. The Kier molecular flexibility index (Phi) is 5.16. The van der Waals surface area contributed by atoms with Crippen molar-refractivity contribution in [2.45, 2.75) is 19.3 Å². The highest BCUT2D eigenvalue weighted by atomic mass is 16.5. The second kappa shape index (κ2) is 7.49. The van der Waals surface area contributed by atoms with Gasteiger partial charge in [-0.15, -0.1) is 0 Å². The molecule has 0 aliphatic heterocycles. The Bertz CT molecular complexity index is 714. The number of nitrogens with two attached hydrogens (primary N) is 1. The first-order valence-corrected chi connectivity index (χ1v) is 8.47. The van der Waals surface area contributed by atoms with Crippen LogP contribution in [0.25, 0.3) is 11.1 Å². The normalized spacial score (nSPS) is 19.9. The number of hydrogen-bond donors (Lipinski definition) is 2. The summed E-state index contributed by atoms with van der Waals surface area (Å²) in [5.74, 6) is 1.24. The van der Waals surface area contributed by atoms with E-state index >= 15 is 0 Å². The van der Waals surface area contributed by atoms with Crippen molar-refractivity contribution in [3.8, 4) is 16.9 Å². The molecule has 4 heteroatoms. The molecule has 1 aliphatic rings. The third-order valence-corrected chi connectivity index (χ3v) is 4.85. The monoisotopic (exact) mass is 324 g/mol. The van der Waals surface area contributed by atoms with E-state index in [0.717, 1.165) is 41.8 Å². The third-order valence-electron chi connectivity index (χ3n) is 4.85. The molecule has 0 radical (unpaired) electrons. The molecule has 24 heavy (non-hydrogen) atoms. The smallest absolute Gasteiger partial charge is 0.227 e. The lowest BCUT2D eigenvalue weighted by atomic mass is 9.95. The first kappa shape index (κ1) is 16.5. The van der Waals surface area contributed by atoms with E-state index in [9.17, 15) is 4.79 Å². The fraction of sp³-hybridized carbons (Fsp3) is 0.350. The SMILES string of the molecule is COc1ccccc1-c1cccc(NC(=O)[C@@H]2CCC[C@@H]2CN)c1. The van der Waals surface area contributed by atoms with Crippen LogP contribution in [0.4, 0.5) is 5.69 Å². The van der Waals surface area contributed by atoms with Crippen molar-refractivity contribution < 1.29 is 9.53 Å². The van der Waals surface area contributed by atoms with Gasteiger partial charge in [0.15, 0.2) is 0 Å². The summed E-state index contributed by atoms with van der Waals surface area (Å²) >= 11 is 0. The van der Waals surface area contributed by atoms with Gasteiger partial charge in [0, 0.05) is 17.2 Å². The summed E-state index contributed by atoms with van der Waals surface area (Å²) in [6.45, 7) is 0.583. The lowest BCUT2D eigenvalue weighted by molar-refractivity contribution is -0.120. The number of benzene rings is 2. The number of hydrogen-bond acceptors (Lipinski definition) is 3. The molecule has 2 aromatic carbocycles. The van der Waals surface area contributed by atoms with Crippen LogP contribution in [-0.2, 0) is 4.79 Å². The molecular formula is C20H24N2O2. The van der Waals surface area contributed by atoms with Crippen molar-refractivity contribution in [2.75, 3.05) is 19.0 Å². The predicted octanol–water partition coefficient (Wildman–Crippen LogP) is 3.68. The standard InChI is InChI=1S/C20H24N2O2/c1-24-19-11-3-2-9-17(19)14-6-4-8-16(12-14)22-20(23)18-10-5-7-15(18)13-21/h2-4,6,8-9,11-12,15,18H,5,7,10,13,21H2,1H3,(H,22,23)/t15-,18-/m1/s1. The van der Waals surface area contributed by atoms with Gasteiger partial charge >= 0.3 is 0 Å². The van der Waals surface area contributed by atoms with Crippen LogP contribution in [0, 0.1) is 11.8 Å². The van der Waals surface area contributed by atoms with E-state index in [1.54, 1.807) is 7.11 Å². The molecular weight excluding hydrogens is 300 g/mol. The Labute approximate surface area is 143 Å². The fourth-order valence-corrected chi connectivity index (χ4v) is 3.55. The molecule has 126 valence electrons. The van der Waals surface area contributed by atoms with Gasteiger partial charge in [0.25, 0.3) is 0 Å². The number of para-hydroxylation sites is 1. The van der Waals surface area contributed by atoms with Crippen LogP contribution in [-0.4, -0.2) is 19.6 Å². The molecule has 2 atom stereocenters. The van der Waals surface area contributed by atoms with E-state index in [1.807, 2.05) is 48.5 Å². The minimum absolute atomic E-state index is 0.0323. The largest absolute Gasteiger partial charge is 0.496 e. The summed E-state index contributed by atoms with van der Waals surface area (Å²) in [6.07, 6.45) is 3.07. The Balaban J connectivity index is 1.79. The van der Waals surface area contributed by atoms with Gasteiger partial charge in [-0.1, -0.05) is 36.8 Å². The molecule has 1 saturated carbocycles. The van der Waals surface area contributed by atoms with Gasteiger partial charge in [-0.25, -0.2) is 0 Å². The molecule has 1 aliphatic carbocycles. The molecule has 2 aromatic rings. The highest BCUT2D eigenvalue weighted by molar-refractivity contribution is 5.93. The molecule has 0 unspecified atom stereocenters. The van der Waals surface area contributed by atoms with Crippen molar-refractivity contribution in [1.29, 1.82) is 0 Å².